The fourth-order valence-electron chi connectivity index (χ4n) is 1.95. The standard InChI is InChI=1S/C12H20N2OS/c1-12(2,15)10-9-16-11(13-10)14-7-5-3-4-6-8-14/h9,15H,3-8H2,1-2H3. The van der Waals surface area contributed by atoms with Crippen molar-refractivity contribution in [1.82, 2.24) is 4.98 Å². The SMILES string of the molecule is CC(C)(O)c1csc(N2CCCCCC2)n1. The van der Waals surface area contributed by atoms with Gasteiger partial charge in [0.05, 0.1) is 5.69 Å². The monoisotopic (exact) mass is 240 g/mol. The molecule has 1 N–H and O–H groups in total. The van der Waals surface area contributed by atoms with E-state index in [1.165, 1.54) is 25.7 Å². The van der Waals surface area contributed by atoms with E-state index >= 15 is 0 Å². The number of hydrogen-bond acceptors (Lipinski definition) is 4. The lowest BCUT2D eigenvalue weighted by Crippen LogP contribution is -2.24. The predicted molar refractivity (Wildman–Crippen MR) is 68.0 cm³/mol. The minimum absolute atomic E-state index is 0.789. The van der Waals surface area contributed by atoms with E-state index in [1.54, 1.807) is 25.2 Å². The van der Waals surface area contributed by atoms with Gasteiger partial charge in [0.1, 0.15) is 5.60 Å². The molecular formula is C12H20N2OS. The van der Waals surface area contributed by atoms with Gasteiger partial charge in [-0.15, -0.1) is 11.3 Å². The van der Waals surface area contributed by atoms with Crippen molar-refractivity contribution < 1.29 is 5.11 Å². The van der Waals surface area contributed by atoms with Gasteiger partial charge in [-0.3, -0.25) is 0 Å². The van der Waals surface area contributed by atoms with E-state index in [2.05, 4.69) is 9.88 Å². The Balaban J connectivity index is 2.11. The Hall–Kier alpha value is -0.610. The number of rotatable bonds is 2. The zero-order valence-corrected chi connectivity index (χ0v) is 10.9. The molecule has 90 valence electrons. The smallest absolute Gasteiger partial charge is 0.185 e. The Morgan fingerprint density at radius 2 is 1.88 bits per heavy atom. The molecule has 2 heterocycles. The molecular weight excluding hydrogens is 220 g/mol. The zero-order chi connectivity index (χ0) is 11.6. The van der Waals surface area contributed by atoms with Gasteiger partial charge in [-0.05, 0) is 26.7 Å². The summed E-state index contributed by atoms with van der Waals surface area (Å²) in [7, 11) is 0. The van der Waals surface area contributed by atoms with Gasteiger partial charge in [0, 0.05) is 18.5 Å². The Bertz CT molecular complexity index is 335. The number of nitrogens with zero attached hydrogens (tertiary/aromatic N) is 2. The van der Waals surface area contributed by atoms with E-state index in [0.717, 1.165) is 23.9 Å². The van der Waals surface area contributed by atoms with E-state index in [1.807, 2.05) is 5.38 Å². The molecule has 1 fully saturated rings. The van der Waals surface area contributed by atoms with E-state index in [9.17, 15) is 5.11 Å². The summed E-state index contributed by atoms with van der Waals surface area (Å²) < 4.78 is 0. The van der Waals surface area contributed by atoms with Gasteiger partial charge < -0.3 is 10.0 Å². The van der Waals surface area contributed by atoms with E-state index < -0.39 is 5.60 Å². The maximum Gasteiger partial charge on any atom is 0.185 e. The van der Waals surface area contributed by atoms with Crippen molar-refractivity contribution in [3.63, 3.8) is 0 Å². The molecule has 16 heavy (non-hydrogen) atoms. The van der Waals surface area contributed by atoms with Gasteiger partial charge in [0.15, 0.2) is 5.13 Å². The molecule has 0 saturated carbocycles. The first-order valence-electron chi connectivity index (χ1n) is 6.01. The molecule has 1 aliphatic heterocycles. The molecule has 0 aromatic carbocycles. The van der Waals surface area contributed by atoms with Crippen LogP contribution >= 0.6 is 11.3 Å². The molecule has 0 radical (unpaired) electrons. The molecule has 0 aliphatic carbocycles. The first kappa shape index (κ1) is 11.9. The van der Waals surface area contributed by atoms with Crippen molar-refractivity contribution in [2.24, 2.45) is 0 Å². The normalized spacial score (nSPS) is 18.6. The molecule has 1 aliphatic rings. The van der Waals surface area contributed by atoms with Crippen LogP contribution in [-0.4, -0.2) is 23.2 Å². The fraction of sp³-hybridized carbons (Fsp3) is 0.750. The second kappa shape index (κ2) is 4.72. The van der Waals surface area contributed by atoms with Crippen molar-refractivity contribution in [2.75, 3.05) is 18.0 Å². The van der Waals surface area contributed by atoms with Crippen molar-refractivity contribution in [1.29, 1.82) is 0 Å². The number of aromatic nitrogens is 1. The molecule has 2 rings (SSSR count). The molecule has 1 saturated heterocycles. The van der Waals surface area contributed by atoms with Gasteiger partial charge in [-0.25, -0.2) is 4.98 Å². The van der Waals surface area contributed by atoms with Gasteiger partial charge in [-0.1, -0.05) is 12.8 Å². The lowest BCUT2D eigenvalue weighted by molar-refractivity contribution is 0.0746. The number of aliphatic hydroxyl groups is 1. The first-order valence-corrected chi connectivity index (χ1v) is 6.89. The minimum Gasteiger partial charge on any atom is -0.384 e. The molecule has 0 bridgehead atoms. The van der Waals surface area contributed by atoms with Crippen LogP contribution in [0.5, 0.6) is 0 Å². The van der Waals surface area contributed by atoms with Crippen LogP contribution in [0.3, 0.4) is 0 Å². The molecule has 1 aromatic heterocycles. The maximum absolute atomic E-state index is 9.88. The number of hydrogen-bond donors (Lipinski definition) is 1. The summed E-state index contributed by atoms with van der Waals surface area (Å²) in [4.78, 5) is 6.90. The second-order valence-electron chi connectivity index (χ2n) is 4.98. The van der Waals surface area contributed by atoms with Crippen molar-refractivity contribution in [3.8, 4) is 0 Å². The third kappa shape index (κ3) is 2.74. The highest BCUT2D eigenvalue weighted by Crippen LogP contribution is 2.28. The fourth-order valence-corrected chi connectivity index (χ4v) is 2.99. The lowest BCUT2D eigenvalue weighted by Gasteiger charge is -2.19. The maximum atomic E-state index is 9.88. The quantitative estimate of drug-likeness (QED) is 0.863. The summed E-state index contributed by atoms with van der Waals surface area (Å²) in [6.45, 7) is 5.79. The van der Waals surface area contributed by atoms with Crippen molar-refractivity contribution in [2.45, 2.75) is 45.1 Å². The van der Waals surface area contributed by atoms with Crippen molar-refractivity contribution in [3.05, 3.63) is 11.1 Å². The Labute approximate surface area is 101 Å². The third-order valence-electron chi connectivity index (χ3n) is 3.00. The van der Waals surface area contributed by atoms with E-state index in [-0.39, 0.29) is 0 Å². The van der Waals surface area contributed by atoms with Gasteiger partial charge >= 0.3 is 0 Å². The number of anilines is 1. The summed E-state index contributed by atoms with van der Waals surface area (Å²) in [6.07, 6.45) is 5.19. The Morgan fingerprint density at radius 3 is 2.38 bits per heavy atom. The van der Waals surface area contributed by atoms with Crippen LogP contribution in [0.25, 0.3) is 0 Å². The third-order valence-corrected chi connectivity index (χ3v) is 3.90. The van der Waals surface area contributed by atoms with E-state index in [4.69, 9.17) is 0 Å². The van der Waals surface area contributed by atoms with Crippen LogP contribution in [-0.2, 0) is 5.60 Å². The van der Waals surface area contributed by atoms with Gasteiger partial charge in [-0.2, -0.15) is 0 Å². The number of thiazole rings is 1. The zero-order valence-electron chi connectivity index (χ0n) is 10.1. The highest BCUT2D eigenvalue weighted by atomic mass is 32.1. The highest BCUT2D eigenvalue weighted by molar-refractivity contribution is 7.13. The lowest BCUT2D eigenvalue weighted by atomic mass is 10.1. The molecule has 0 unspecified atom stereocenters. The van der Waals surface area contributed by atoms with Crippen LogP contribution in [0.15, 0.2) is 5.38 Å². The van der Waals surface area contributed by atoms with Gasteiger partial charge in [0.2, 0.25) is 0 Å². The first-order chi connectivity index (χ1) is 7.57. The topological polar surface area (TPSA) is 36.4 Å². The van der Waals surface area contributed by atoms with Crippen LogP contribution in [0.4, 0.5) is 5.13 Å². The molecule has 4 heteroatoms. The van der Waals surface area contributed by atoms with Crippen LogP contribution in [0.1, 0.15) is 45.2 Å². The molecule has 1 aromatic rings. The minimum atomic E-state index is -0.819. The summed E-state index contributed by atoms with van der Waals surface area (Å²) in [5, 5.41) is 12.9. The van der Waals surface area contributed by atoms with Crippen LogP contribution in [0, 0.1) is 0 Å². The van der Waals surface area contributed by atoms with Crippen molar-refractivity contribution >= 4 is 16.5 Å². The molecule has 3 nitrogen and oxygen atoms in total. The molecule has 0 atom stereocenters. The van der Waals surface area contributed by atoms with Gasteiger partial charge in [0.25, 0.3) is 0 Å². The summed E-state index contributed by atoms with van der Waals surface area (Å²) in [5.74, 6) is 0. The second-order valence-corrected chi connectivity index (χ2v) is 5.81. The molecule has 0 spiro atoms. The largest absolute Gasteiger partial charge is 0.384 e. The average Bonchev–Trinajstić information content (AvgIpc) is 2.55. The van der Waals surface area contributed by atoms with Crippen LogP contribution in [0.2, 0.25) is 0 Å². The summed E-state index contributed by atoms with van der Waals surface area (Å²) in [5.41, 5.74) is -0.0302. The summed E-state index contributed by atoms with van der Waals surface area (Å²) in [6, 6.07) is 0. The van der Waals surface area contributed by atoms with Crippen LogP contribution < -0.4 is 4.90 Å². The summed E-state index contributed by atoms with van der Waals surface area (Å²) >= 11 is 1.65. The average molecular weight is 240 g/mol. The predicted octanol–water partition coefficient (Wildman–Crippen LogP) is 2.75. The van der Waals surface area contributed by atoms with E-state index in [0.29, 0.717) is 0 Å². The Morgan fingerprint density at radius 1 is 1.25 bits per heavy atom. The highest BCUT2D eigenvalue weighted by Gasteiger charge is 2.21. The Kier molecular flexibility index (Phi) is 3.50. The molecule has 0 amide bonds.